The minimum Gasteiger partial charge on any atom is -0.376 e. The van der Waals surface area contributed by atoms with Crippen molar-refractivity contribution < 1.29 is 17.1 Å². The monoisotopic (exact) mass is 351 g/mol. The van der Waals surface area contributed by atoms with Crippen LogP contribution < -0.4 is 5.73 Å². The van der Waals surface area contributed by atoms with Crippen molar-refractivity contribution >= 4 is 16.5 Å². The maximum absolute atomic E-state index is 5.74. The zero-order chi connectivity index (χ0) is 14.5. The van der Waals surface area contributed by atoms with Gasteiger partial charge in [-0.25, -0.2) is 26.8 Å². The molecule has 0 unspecified atom stereocenters. The van der Waals surface area contributed by atoms with Gasteiger partial charge in [-0.3, -0.25) is 0 Å². The fourth-order valence-electron chi connectivity index (χ4n) is 1.84. The molecule has 0 aliphatic heterocycles. The van der Waals surface area contributed by atoms with Gasteiger partial charge in [-0.15, -0.1) is 23.5 Å². The maximum atomic E-state index is 5.74. The van der Waals surface area contributed by atoms with E-state index in [2.05, 4.69) is 15.1 Å². The van der Waals surface area contributed by atoms with Crippen LogP contribution in [-0.2, 0) is 17.1 Å². The molecule has 2 aromatic heterocycles. The Morgan fingerprint density at radius 1 is 1.14 bits per heavy atom. The number of nitrogen functional groups attached to an aromatic ring is 1. The summed E-state index contributed by atoms with van der Waals surface area (Å²) in [5.74, 6) is 0. The summed E-state index contributed by atoms with van der Waals surface area (Å²) in [6, 6.07) is 17.9. The standard InChI is InChI=1S/C10H8N5S.C5H5.Fe/c11-10-14-8(7-3-1-2-4-7)9(16-10)15-6-12-5-13-15;1-2-4-5-3-1;/h1-6H,(H2,11,14);1-5H;/q2*-1;+2. The Labute approximate surface area is 142 Å². The molecule has 7 heteroatoms. The molecule has 4 aromatic rings. The van der Waals surface area contributed by atoms with Gasteiger partial charge in [-0.1, -0.05) is 5.56 Å². The average molecular weight is 351 g/mol. The summed E-state index contributed by atoms with van der Waals surface area (Å²) in [7, 11) is 0. The minimum atomic E-state index is 0. The van der Waals surface area contributed by atoms with E-state index >= 15 is 0 Å². The van der Waals surface area contributed by atoms with Crippen LogP contribution in [0.4, 0.5) is 5.13 Å². The molecule has 112 valence electrons. The van der Waals surface area contributed by atoms with E-state index in [1.807, 2.05) is 54.6 Å². The Bertz CT molecular complexity index is 688. The first-order valence-corrected chi connectivity index (χ1v) is 7.16. The summed E-state index contributed by atoms with van der Waals surface area (Å²) in [5.41, 5.74) is 7.62. The molecule has 4 rings (SSSR count). The van der Waals surface area contributed by atoms with Crippen molar-refractivity contribution in [3.05, 3.63) is 67.3 Å². The third-order valence-corrected chi connectivity index (χ3v) is 3.62. The molecule has 22 heavy (non-hydrogen) atoms. The summed E-state index contributed by atoms with van der Waals surface area (Å²) in [5, 5.41) is 5.51. The van der Waals surface area contributed by atoms with Crippen molar-refractivity contribution in [2.45, 2.75) is 0 Å². The molecule has 0 spiro atoms. The summed E-state index contributed by atoms with van der Waals surface area (Å²) in [6.45, 7) is 0. The third-order valence-electron chi connectivity index (χ3n) is 2.74. The molecule has 0 saturated carbocycles. The summed E-state index contributed by atoms with van der Waals surface area (Å²) in [4.78, 5) is 8.24. The molecule has 0 aliphatic carbocycles. The van der Waals surface area contributed by atoms with Gasteiger partial charge in [0, 0.05) is 5.69 Å². The van der Waals surface area contributed by atoms with Crippen molar-refractivity contribution in [1.82, 2.24) is 19.7 Å². The first-order valence-electron chi connectivity index (χ1n) is 6.34. The van der Waals surface area contributed by atoms with E-state index in [-0.39, 0.29) is 17.1 Å². The van der Waals surface area contributed by atoms with E-state index in [0.29, 0.717) is 5.13 Å². The molecule has 2 N–H and O–H groups in total. The molecule has 0 bridgehead atoms. The first kappa shape index (κ1) is 16.2. The van der Waals surface area contributed by atoms with Crippen LogP contribution in [0.3, 0.4) is 0 Å². The molecular formula is C15H13FeN5S. The molecule has 0 saturated heterocycles. The van der Waals surface area contributed by atoms with Gasteiger partial charge in [0.2, 0.25) is 0 Å². The number of rotatable bonds is 2. The van der Waals surface area contributed by atoms with E-state index in [1.54, 1.807) is 11.0 Å². The molecular weight excluding hydrogens is 338 g/mol. The van der Waals surface area contributed by atoms with Crippen LogP contribution in [0, 0.1) is 0 Å². The van der Waals surface area contributed by atoms with Crippen LogP contribution in [-0.4, -0.2) is 19.7 Å². The Hall–Kier alpha value is -2.21. The van der Waals surface area contributed by atoms with Gasteiger partial charge in [-0.2, -0.15) is 35.4 Å². The first-order chi connectivity index (χ1) is 10.3. The second-order valence-electron chi connectivity index (χ2n) is 4.18. The van der Waals surface area contributed by atoms with Crippen molar-refractivity contribution in [2.75, 3.05) is 5.73 Å². The smallest absolute Gasteiger partial charge is 0.376 e. The van der Waals surface area contributed by atoms with Crippen molar-refractivity contribution in [3.8, 4) is 16.3 Å². The Kier molecular flexibility index (Phi) is 5.66. The van der Waals surface area contributed by atoms with Crippen molar-refractivity contribution in [3.63, 3.8) is 0 Å². The summed E-state index contributed by atoms with van der Waals surface area (Å²) < 4.78 is 1.68. The largest absolute Gasteiger partial charge is 2.00 e. The molecule has 0 radical (unpaired) electrons. The van der Waals surface area contributed by atoms with Gasteiger partial charge in [0.05, 0.1) is 5.00 Å². The number of aromatic nitrogens is 4. The van der Waals surface area contributed by atoms with E-state index in [9.17, 15) is 0 Å². The van der Waals surface area contributed by atoms with Crippen molar-refractivity contribution in [1.29, 1.82) is 0 Å². The number of anilines is 1. The number of thiazole rings is 1. The van der Waals surface area contributed by atoms with Crippen LogP contribution >= 0.6 is 11.3 Å². The zero-order valence-corrected chi connectivity index (χ0v) is 13.4. The van der Waals surface area contributed by atoms with E-state index < -0.39 is 0 Å². The van der Waals surface area contributed by atoms with E-state index in [0.717, 1.165) is 16.3 Å². The molecule has 0 fully saturated rings. The molecule has 0 aliphatic rings. The Morgan fingerprint density at radius 3 is 2.41 bits per heavy atom. The molecule has 0 atom stereocenters. The second kappa shape index (κ2) is 7.70. The van der Waals surface area contributed by atoms with Crippen LogP contribution in [0.2, 0.25) is 0 Å². The van der Waals surface area contributed by atoms with E-state index in [1.165, 1.54) is 17.7 Å². The number of nitrogens with two attached hydrogens (primary N) is 1. The molecule has 2 heterocycles. The van der Waals surface area contributed by atoms with Gasteiger partial charge in [0.25, 0.3) is 0 Å². The van der Waals surface area contributed by atoms with Gasteiger partial charge >= 0.3 is 17.1 Å². The maximum Gasteiger partial charge on any atom is 2.00 e. The molecule has 2 aromatic carbocycles. The van der Waals surface area contributed by atoms with Gasteiger partial charge in [0.15, 0.2) is 5.13 Å². The second-order valence-corrected chi connectivity index (χ2v) is 5.19. The minimum absolute atomic E-state index is 0. The van der Waals surface area contributed by atoms with Gasteiger partial charge in [-0.05, 0) is 0 Å². The van der Waals surface area contributed by atoms with E-state index in [4.69, 9.17) is 5.73 Å². The number of nitrogens with zero attached hydrogens (tertiary/aromatic N) is 4. The van der Waals surface area contributed by atoms with Crippen LogP contribution in [0.15, 0.2) is 67.3 Å². The SMILES string of the molecule is Nc1nc(-[c-]2cccc2)c(-n2cncn2)s1.[Fe+2].c1cc[cH-]c1. The van der Waals surface area contributed by atoms with Crippen LogP contribution in [0.25, 0.3) is 16.3 Å². The van der Waals surface area contributed by atoms with Gasteiger partial charge in [0.1, 0.15) is 12.7 Å². The quantitative estimate of drug-likeness (QED) is 0.445. The predicted octanol–water partition coefficient (Wildman–Crippen LogP) is 3.09. The zero-order valence-electron chi connectivity index (χ0n) is 11.5. The fraction of sp³-hybridized carbons (Fsp3) is 0. The van der Waals surface area contributed by atoms with Gasteiger partial charge < -0.3 is 5.73 Å². The number of hydrogen-bond acceptors (Lipinski definition) is 5. The fourth-order valence-corrected chi connectivity index (χ4v) is 2.62. The summed E-state index contributed by atoms with van der Waals surface area (Å²) >= 11 is 1.40. The third kappa shape index (κ3) is 3.71. The Morgan fingerprint density at radius 2 is 1.86 bits per heavy atom. The predicted molar refractivity (Wildman–Crippen MR) is 84.5 cm³/mol. The Balaban J connectivity index is 0.000000253. The molecule has 5 nitrogen and oxygen atoms in total. The van der Waals surface area contributed by atoms with Crippen molar-refractivity contribution in [2.24, 2.45) is 0 Å². The average Bonchev–Trinajstić information content (AvgIpc) is 3.27. The van der Waals surface area contributed by atoms with Crippen LogP contribution in [0.5, 0.6) is 0 Å². The molecule has 0 amide bonds. The van der Waals surface area contributed by atoms with Crippen LogP contribution in [0.1, 0.15) is 0 Å². The normalized spacial score (nSPS) is 9.64. The summed E-state index contributed by atoms with van der Waals surface area (Å²) in [6.07, 6.45) is 3.13. The topological polar surface area (TPSA) is 69.6 Å². The number of hydrogen-bond donors (Lipinski definition) is 1.